The van der Waals surface area contributed by atoms with E-state index in [0.717, 1.165) is 32.0 Å². The Bertz CT molecular complexity index is 259. The predicted molar refractivity (Wildman–Crippen MR) is 75.3 cm³/mol. The summed E-state index contributed by atoms with van der Waals surface area (Å²) in [6, 6.07) is 0.398. The van der Waals surface area contributed by atoms with Gasteiger partial charge in [-0.05, 0) is 43.4 Å². The van der Waals surface area contributed by atoms with Gasteiger partial charge >= 0.3 is 0 Å². The number of rotatable bonds is 3. The molecule has 1 saturated carbocycles. The van der Waals surface area contributed by atoms with Crippen molar-refractivity contribution in [3.8, 4) is 0 Å². The zero-order valence-corrected chi connectivity index (χ0v) is 12.0. The summed E-state index contributed by atoms with van der Waals surface area (Å²) in [5.41, 5.74) is 6.30. The molecule has 0 aromatic heterocycles. The maximum atomic E-state index is 9.78. The minimum atomic E-state index is -0.0929. The molecule has 5 unspecified atom stereocenters. The summed E-state index contributed by atoms with van der Waals surface area (Å²) in [5.74, 6) is 1.98. The van der Waals surface area contributed by atoms with Crippen LogP contribution in [0.2, 0.25) is 0 Å². The number of nitrogens with two attached hydrogens (primary N) is 1. The summed E-state index contributed by atoms with van der Waals surface area (Å²) in [6.07, 6.45) is 5.98. The van der Waals surface area contributed by atoms with E-state index in [0.29, 0.717) is 17.9 Å². The van der Waals surface area contributed by atoms with Crippen molar-refractivity contribution in [2.24, 2.45) is 23.5 Å². The summed E-state index contributed by atoms with van der Waals surface area (Å²) in [5, 5.41) is 9.78. The molecule has 2 aliphatic rings. The van der Waals surface area contributed by atoms with Crippen molar-refractivity contribution in [3.63, 3.8) is 0 Å². The van der Waals surface area contributed by atoms with Crippen LogP contribution >= 0.6 is 0 Å². The van der Waals surface area contributed by atoms with Crippen molar-refractivity contribution in [1.82, 2.24) is 4.90 Å². The number of likely N-dealkylation sites (tertiary alicyclic amines) is 1. The van der Waals surface area contributed by atoms with E-state index in [2.05, 4.69) is 18.7 Å². The molecule has 1 heterocycles. The van der Waals surface area contributed by atoms with Gasteiger partial charge in [0.2, 0.25) is 0 Å². The lowest BCUT2D eigenvalue weighted by atomic mass is 9.77. The Labute approximate surface area is 112 Å². The third-order valence-electron chi connectivity index (χ3n) is 5.16. The van der Waals surface area contributed by atoms with Gasteiger partial charge in [-0.15, -0.1) is 0 Å². The summed E-state index contributed by atoms with van der Waals surface area (Å²) < 4.78 is 0. The van der Waals surface area contributed by atoms with Gasteiger partial charge in [0.15, 0.2) is 0 Å². The van der Waals surface area contributed by atoms with E-state index in [-0.39, 0.29) is 6.10 Å². The van der Waals surface area contributed by atoms with Crippen LogP contribution in [-0.4, -0.2) is 41.8 Å². The molecule has 0 aromatic carbocycles. The highest BCUT2D eigenvalue weighted by molar-refractivity contribution is 4.86. The van der Waals surface area contributed by atoms with Crippen LogP contribution in [0.25, 0.3) is 0 Å². The minimum Gasteiger partial charge on any atom is -0.393 e. The van der Waals surface area contributed by atoms with Crippen molar-refractivity contribution in [2.45, 2.75) is 58.1 Å². The van der Waals surface area contributed by atoms with E-state index in [1.807, 2.05) is 0 Å². The van der Waals surface area contributed by atoms with Gasteiger partial charge in [0.25, 0.3) is 0 Å². The quantitative estimate of drug-likeness (QED) is 0.808. The predicted octanol–water partition coefficient (Wildman–Crippen LogP) is 1.84. The lowest BCUT2D eigenvalue weighted by Gasteiger charge is -2.40. The Hall–Kier alpha value is -0.120. The van der Waals surface area contributed by atoms with E-state index in [9.17, 15) is 5.11 Å². The van der Waals surface area contributed by atoms with Crippen LogP contribution in [0, 0.1) is 17.8 Å². The second-order valence-electron chi connectivity index (χ2n) is 6.60. The summed E-state index contributed by atoms with van der Waals surface area (Å²) in [6.45, 7) is 7.70. The first-order valence-electron chi connectivity index (χ1n) is 7.76. The number of hydrogen-bond acceptors (Lipinski definition) is 3. The minimum absolute atomic E-state index is 0.0929. The van der Waals surface area contributed by atoms with Crippen molar-refractivity contribution in [2.75, 3.05) is 19.6 Å². The smallest absolute Gasteiger partial charge is 0.0590 e. The molecule has 3 heteroatoms. The third-order valence-corrected chi connectivity index (χ3v) is 5.16. The van der Waals surface area contributed by atoms with Crippen molar-refractivity contribution in [3.05, 3.63) is 0 Å². The molecule has 0 amide bonds. The molecule has 2 fully saturated rings. The average Bonchev–Trinajstić information content (AvgIpc) is 2.36. The molecule has 0 aromatic rings. The van der Waals surface area contributed by atoms with Gasteiger partial charge in [-0.25, -0.2) is 0 Å². The lowest BCUT2D eigenvalue weighted by molar-refractivity contribution is 0.0228. The van der Waals surface area contributed by atoms with Crippen molar-refractivity contribution in [1.29, 1.82) is 0 Å². The van der Waals surface area contributed by atoms with Crippen LogP contribution in [-0.2, 0) is 0 Å². The Morgan fingerprint density at radius 2 is 2.06 bits per heavy atom. The first-order chi connectivity index (χ1) is 8.60. The van der Waals surface area contributed by atoms with Crippen LogP contribution in [0.3, 0.4) is 0 Å². The zero-order chi connectivity index (χ0) is 13.1. The molecular weight excluding hydrogens is 224 g/mol. The fourth-order valence-electron chi connectivity index (χ4n) is 3.68. The number of nitrogens with zero attached hydrogens (tertiary/aromatic N) is 1. The zero-order valence-electron chi connectivity index (χ0n) is 12.0. The standard InChI is InChI=1S/C15H30N2O/c1-3-12-4-5-14(16)13(8-12)10-17-7-6-15(18)11(2)9-17/h11-15,18H,3-10,16H2,1-2H3. The highest BCUT2D eigenvalue weighted by atomic mass is 16.3. The first kappa shape index (κ1) is 14.3. The van der Waals surface area contributed by atoms with E-state index < -0.39 is 0 Å². The maximum Gasteiger partial charge on any atom is 0.0590 e. The molecule has 3 nitrogen and oxygen atoms in total. The molecule has 0 bridgehead atoms. The van der Waals surface area contributed by atoms with Gasteiger partial charge in [-0.1, -0.05) is 20.3 Å². The van der Waals surface area contributed by atoms with E-state index in [1.165, 1.54) is 25.7 Å². The summed E-state index contributed by atoms with van der Waals surface area (Å²) >= 11 is 0. The first-order valence-corrected chi connectivity index (χ1v) is 7.76. The number of aliphatic hydroxyl groups is 1. The Morgan fingerprint density at radius 1 is 1.28 bits per heavy atom. The molecule has 0 spiro atoms. The van der Waals surface area contributed by atoms with Crippen LogP contribution in [0.15, 0.2) is 0 Å². The molecule has 1 aliphatic carbocycles. The van der Waals surface area contributed by atoms with Gasteiger partial charge in [-0.3, -0.25) is 0 Å². The fourth-order valence-corrected chi connectivity index (χ4v) is 3.68. The number of hydrogen-bond donors (Lipinski definition) is 2. The monoisotopic (exact) mass is 254 g/mol. The van der Waals surface area contributed by atoms with Crippen molar-refractivity contribution < 1.29 is 5.11 Å². The van der Waals surface area contributed by atoms with Gasteiger partial charge in [0.1, 0.15) is 0 Å². The highest BCUT2D eigenvalue weighted by Gasteiger charge is 2.31. The van der Waals surface area contributed by atoms with Gasteiger partial charge in [0, 0.05) is 25.7 Å². The van der Waals surface area contributed by atoms with Gasteiger partial charge in [-0.2, -0.15) is 0 Å². The molecule has 1 aliphatic heterocycles. The number of aliphatic hydroxyl groups excluding tert-OH is 1. The van der Waals surface area contributed by atoms with E-state index in [1.54, 1.807) is 0 Å². The number of piperidine rings is 1. The van der Waals surface area contributed by atoms with Crippen LogP contribution in [0.4, 0.5) is 0 Å². The second-order valence-corrected chi connectivity index (χ2v) is 6.60. The molecule has 106 valence electrons. The Morgan fingerprint density at radius 3 is 2.72 bits per heavy atom. The molecular formula is C15H30N2O. The maximum absolute atomic E-state index is 9.78. The van der Waals surface area contributed by atoms with Gasteiger partial charge in [0.05, 0.1) is 6.10 Å². The molecule has 18 heavy (non-hydrogen) atoms. The van der Waals surface area contributed by atoms with Crippen molar-refractivity contribution >= 4 is 0 Å². The van der Waals surface area contributed by atoms with E-state index >= 15 is 0 Å². The normalized spacial score (nSPS) is 43.0. The SMILES string of the molecule is CCC1CCC(N)C(CN2CCC(O)C(C)C2)C1. The highest BCUT2D eigenvalue weighted by Crippen LogP contribution is 2.31. The Kier molecular flexibility index (Phi) is 5.05. The topological polar surface area (TPSA) is 49.5 Å². The second kappa shape index (κ2) is 6.36. The summed E-state index contributed by atoms with van der Waals surface area (Å²) in [7, 11) is 0. The molecule has 5 atom stereocenters. The van der Waals surface area contributed by atoms with Crippen LogP contribution in [0.5, 0.6) is 0 Å². The lowest BCUT2D eigenvalue weighted by Crippen LogP contribution is -2.48. The largest absolute Gasteiger partial charge is 0.393 e. The van der Waals surface area contributed by atoms with Crippen LogP contribution in [0.1, 0.15) is 46.0 Å². The molecule has 2 rings (SSSR count). The van der Waals surface area contributed by atoms with Gasteiger partial charge < -0.3 is 15.7 Å². The third kappa shape index (κ3) is 3.46. The molecule has 0 radical (unpaired) electrons. The van der Waals surface area contributed by atoms with E-state index in [4.69, 9.17) is 5.73 Å². The average molecular weight is 254 g/mol. The molecule has 3 N–H and O–H groups in total. The van der Waals surface area contributed by atoms with Crippen LogP contribution < -0.4 is 5.73 Å². The Balaban J connectivity index is 1.84. The molecule has 1 saturated heterocycles. The fraction of sp³-hybridized carbons (Fsp3) is 1.00. The summed E-state index contributed by atoms with van der Waals surface area (Å²) in [4.78, 5) is 2.53.